The third kappa shape index (κ3) is 6.01. The van der Waals surface area contributed by atoms with E-state index in [1.54, 1.807) is 23.9 Å². The summed E-state index contributed by atoms with van der Waals surface area (Å²) in [6, 6.07) is 13.9. The quantitative estimate of drug-likeness (QED) is 0.138. The Bertz CT molecular complexity index is 1520. The fourth-order valence-corrected chi connectivity index (χ4v) is 5.41. The first kappa shape index (κ1) is 31.4. The van der Waals surface area contributed by atoms with Crippen LogP contribution < -0.4 is 10.6 Å². The topological polar surface area (TPSA) is 220 Å². The van der Waals surface area contributed by atoms with Crippen LogP contribution in [0.3, 0.4) is 0 Å². The molecule has 14 nitrogen and oxygen atoms in total. The molecular formula is C30H35N5O9. The highest BCUT2D eigenvalue weighted by Gasteiger charge is 2.49. The Morgan fingerprint density at radius 2 is 1.89 bits per heavy atom. The molecule has 0 spiro atoms. The minimum atomic E-state index is -1.96. The molecule has 1 aromatic heterocycles. The van der Waals surface area contributed by atoms with Gasteiger partial charge in [-0.3, -0.25) is 14.3 Å². The monoisotopic (exact) mass is 609 g/mol. The van der Waals surface area contributed by atoms with Crippen molar-refractivity contribution in [2.75, 3.05) is 17.2 Å². The summed E-state index contributed by atoms with van der Waals surface area (Å²) in [6.07, 6.45) is -3.18. The SMILES string of the molecule is C[C@H](/C=C/CCn1cc(C(CO)c2ccccc2)nn1)[C@@]1(O)C(=O)Nc2ccc(NC(=O)[C@H]3O[C@@H](O)[C@H](O)[C@@H](O)[C@@H]3O)cc21. The van der Waals surface area contributed by atoms with Crippen LogP contribution in [0.25, 0.3) is 0 Å². The van der Waals surface area contributed by atoms with Gasteiger partial charge in [0.05, 0.1) is 18.2 Å². The first-order valence-corrected chi connectivity index (χ1v) is 14.1. The third-order valence-corrected chi connectivity index (χ3v) is 8.05. The van der Waals surface area contributed by atoms with Gasteiger partial charge in [0, 0.05) is 35.6 Å². The molecule has 2 aromatic carbocycles. The number of nitrogens with zero attached hydrogens (tertiary/aromatic N) is 3. The number of allylic oxidation sites excluding steroid dienone is 1. The number of benzene rings is 2. The van der Waals surface area contributed by atoms with Crippen LogP contribution in [0, 0.1) is 5.92 Å². The lowest BCUT2D eigenvalue weighted by Gasteiger charge is -2.37. The van der Waals surface area contributed by atoms with Crippen molar-refractivity contribution in [1.29, 1.82) is 0 Å². The van der Waals surface area contributed by atoms with E-state index in [4.69, 9.17) is 4.74 Å². The average molecular weight is 610 g/mol. The Kier molecular flexibility index (Phi) is 9.22. The fourth-order valence-electron chi connectivity index (χ4n) is 5.41. The molecule has 1 fully saturated rings. The molecule has 5 rings (SSSR count). The van der Waals surface area contributed by atoms with Crippen LogP contribution in [0.1, 0.15) is 36.1 Å². The Labute approximate surface area is 252 Å². The highest BCUT2D eigenvalue weighted by atomic mass is 16.6. The largest absolute Gasteiger partial charge is 0.395 e. The van der Waals surface area contributed by atoms with Gasteiger partial charge in [-0.25, -0.2) is 0 Å². The number of fused-ring (bicyclic) bond motifs is 1. The average Bonchev–Trinajstić information content (AvgIpc) is 3.59. The van der Waals surface area contributed by atoms with Crippen molar-refractivity contribution in [3.63, 3.8) is 0 Å². The molecule has 8 N–H and O–H groups in total. The number of aromatic nitrogens is 3. The minimum absolute atomic E-state index is 0.111. The summed E-state index contributed by atoms with van der Waals surface area (Å²) < 4.78 is 6.62. The second kappa shape index (κ2) is 12.9. The van der Waals surface area contributed by atoms with E-state index < -0.39 is 54.0 Å². The molecule has 14 heteroatoms. The molecule has 3 heterocycles. The summed E-state index contributed by atoms with van der Waals surface area (Å²) in [7, 11) is 0. The molecule has 2 aliphatic rings. The summed E-state index contributed by atoms with van der Waals surface area (Å²) >= 11 is 0. The van der Waals surface area contributed by atoms with Gasteiger partial charge in [-0.05, 0) is 30.2 Å². The predicted octanol–water partition coefficient (Wildman–Crippen LogP) is -0.437. The highest BCUT2D eigenvalue weighted by molar-refractivity contribution is 6.06. The molecule has 234 valence electrons. The van der Waals surface area contributed by atoms with Gasteiger partial charge in [0.1, 0.15) is 18.3 Å². The van der Waals surface area contributed by atoms with Crippen LogP contribution in [0.15, 0.2) is 66.9 Å². The minimum Gasteiger partial charge on any atom is -0.395 e. The molecule has 0 radical (unpaired) electrons. The molecule has 0 aliphatic carbocycles. The van der Waals surface area contributed by atoms with Crippen LogP contribution in [-0.4, -0.2) is 94.8 Å². The van der Waals surface area contributed by atoms with Crippen molar-refractivity contribution in [2.24, 2.45) is 5.92 Å². The Morgan fingerprint density at radius 3 is 2.61 bits per heavy atom. The van der Waals surface area contributed by atoms with Gasteiger partial charge in [-0.15, -0.1) is 5.10 Å². The van der Waals surface area contributed by atoms with E-state index >= 15 is 0 Å². The summed E-state index contributed by atoms with van der Waals surface area (Å²) in [6.45, 7) is 2.03. The lowest BCUT2D eigenvalue weighted by atomic mass is 9.82. The standard InChI is InChI=1S/C30H35N5O9/c1-16(7-5-6-12-35-14-22(33-34-35)19(15-36)17-8-3-2-4-9-17)30(43)20-13-18(10-11-21(20)32-29(30)42)31-27(40)26-24(38)23(37)25(39)28(41)44-26/h2-5,7-11,13-14,16,19,23-26,28,36-39,41,43H,6,12,15H2,1H3,(H,31,40)(H,32,42)/b7-5+/t16-,19?,23+,24+,25-,26+,28-,30+/m1/s1. The second-order valence-electron chi connectivity index (χ2n) is 10.9. The number of nitrogens with one attached hydrogen (secondary N) is 2. The lowest BCUT2D eigenvalue weighted by Crippen LogP contribution is -2.60. The van der Waals surface area contributed by atoms with Crippen LogP contribution in [0.4, 0.5) is 11.4 Å². The number of aryl methyl sites for hydroxylation is 1. The van der Waals surface area contributed by atoms with Crippen LogP contribution in [0.2, 0.25) is 0 Å². The molecule has 2 aliphatic heterocycles. The summed E-state index contributed by atoms with van der Waals surface area (Å²) in [5, 5.41) is 74.4. The molecule has 1 saturated heterocycles. The molecule has 44 heavy (non-hydrogen) atoms. The number of ether oxygens (including phenoxy) is 1. The van der Waals surface area contributed by atoms with E-state index in [0.717, 1.165) is 5.56 Å². The van der Waals surface area contributed by atoms with E-state index in [1.807, 2.05) is 36.4 Å². The number of amides is 2. The van der Waals surface area contributed by atoms with Crippen LogP contribution in [0.5, 0.6) is 0 Å². The molecule has 3 aromatic rings. The van der Waals surface area contributed by atoms with Crippen molar-refractivity contribution in [3.05, 3.63) is 83.7 Å². The zero-order valence-corrected chi connectivity index (χ0v) is 23.8. The maximum Gasteiger partial charge on any atom is 0.261 e. The van der Waals surface area contributed by atoms with Crippen LogP contribution >= 0.6 is 0 Å². The maximum absolute atomic E-state index is 12.9. The van der Waals surface area contributed by atoms with Gasteiger partial charge >= 0.3 is 0 Å². The Balaban J connectivity index is 1.23. The van der Waals surface area contributed by atoms with Gasteiger partial charge in [-0.1, -0.05) is 54.6 Å². The van der Waals surface area contributed by atoms with Crippen LogP contribution in [-0.2, 0) is 26.5 Å². The van der Waals surface area contributed by atoms with Crippen molar-refractivity contribution < 1.29 is 45.0 Å². The van der Waals surface area contributed by atoms with Gasteiger partial charge in [0.15, 0.2) is 18.0 Å². The fraction of sp³-hybridized carbons (Fsp3) is 0.400. The number of rotatable bonds is 10. The number of hydrogen-bond acceptors (Lipinski definition) is 11. The number of aliphatic hydroxyl groups excluding tert-OH is 5. The molecule has 1 unspecified atom stereocenters. The van der Waals surface area contributed by atoms with E-state index in [0.29, 0.717) is 24.3 Å². The number of carbonyl (C=O) groups excluding carboxylic acids is 2. The first-order valence-electron chi connectivity index (χ1n) is 14.1. The maximum atomic E-state index is 12.9. The van der Waals surface area contributed by atoms with Gasteiger partial charge in [-0.2, -0.15) is 0 Å². The molecule has 0 bridgehead atoms. The van der Waals surface area contributed by atoms with Gasteiger partial charge in [0.25, 0.3) is 11.8 Å². The molecule has 8 atom stereocenters. The van der Waals surface area contributed by atoms with E-state index in [-0.39, 0.29) is 23.8 Å². The number of aliphatic hydroxyl groups is 6. The van der Waals surface area contributed by atoms with Gasteiger partial charge < -0.3 is 46.0 Å². The summed E-state index contributed by atoms with van der Waals surface area (Å²) in [4.78, 5) is 25.7. The predicted molar refractivity (Wildman–Crippen MR) is 155 cm³/mol. The third-order valence-electron chi connectivity index (χ3n) is 8.05. The smallest absolute Gasteiger partial charge is 0.261 e. The van der Waals surface area contributed by atoms with E-state index in [2.05, 4.69) is 20.9 Å². The number of anilines is 2. The first-order chi connectivity index (χ1) is 21.0. The van der Waals surface area contributed by atoms with Gasteiger partial charge in [0.2, 0.25) is 0 Å². The summed E-state index contributed by atoms with van der Waals surface area (Å²) in [5.74, 6) is -2.54. The number of hydrogen-bond donors (Lipinski definition) is 8. The van der Waals surface area contributed by atoms with Crippen molar-refractivity contribution >= 4 is 23.2 Å². The highest BCUT2D eigenvalue weighted by Crippen LogP contribution is 2.43. The summed E-state index contributed by atoms with van der Waals surface area (Å²) in [5.41, 5.74) is 0.334. The van der Waals surface area contributed by atoms with E-state index in [9.17, 15) is 40.2 Å². The number of carbonyl (C=O) groups is 2. The molecular weight excluding hydrogens is 574 g/mol. The van der Waals surface area contributed by atoms with Crippen molar-refractivity contribution in [3.8, 4) is 0 Å². The normalized spacial score (nSPS) is 28.0. The lowest BCUT2D eigenvalue weighted by molar-refractivity contribution is -0.274. The zero-order chi connectivity index (χ0) is 31.6. The van der Waals surface area contributed by atoms with Crippen molar-refractivity contribution in [2.45, 2.75) is 62.1 Å². The Morgan fingerprint density at radius 1 is 1.14 bits per heavy atom. The molecule has 0 saturated carbocycles. The Hall–Kier alpha value is -4.02. The zero-order valence-electron chi connectivity index (χ0n) is 23.8. The second-order valence-corrected chi connectivity index (χ2v) is 10.9. The van der Waals surface area contributed by atoms with E-state index in [1.165, 1.54) is 18.2 Å². The molecule has 2 amide bonds. The van der Waals surface area contributed by atoms with Crippen molar-refractivity contribution in [1.82, 2.24) is 15.0 Å².